The van der Waals surface area contributed by atoms with E-state index in [1.54, 1.807) is 23.9 Å². The highest BCUT2D eigenvalue weighted by Gasteiger charge is 2.13. The Morgan fingerprint density at radius 1 is 0.933 bits per heavy atom. The van der Waals surface area contributed by atoms with Gasteiger partial charge in [-0.2, -0.15) is 0 Å². The average molecular weight is 216 g/mol. The van der Waals surface area contributed by atoms with Crippen molar-refractivity contribution in [3.05, 3.63) is 48.2 Å². The van der Waals surface area contributed by atoms with Gasteiger partial charge in [-0.3, -0.25) is 0 Å². The Balaban J connectivity index is 2.15. The number of furan rings is 2. The molecule has 0 amide bonds. The van der Waals surface area contributed by atoms with E-state index < -0.39 is 0 Å². The van der Waals surface area contributed by atoms with Gasteiger partial charge in [-0.25, -0.2) is 0 Å². The van der Waals surface area contributed by atoms with E-state index in [1.807, 2.05) is 29.6 Å². The maximum absolute atomic E-state index is 5.45. The second-order valence-corrected chi connectivity index (χ2v) is 4.07. The first-order valence-electron chi connectivity index (χ1n) is 4.60. The molecule has 74 valence electrons. The topological polar surface area (TPSA) is 26.3 Å². The molecule has 0 aromatic carbocycles. The second-order valence-electron chi connectivity index (χ2n) is 3.12. The van der Waals surface area contributed by atoms with Crippen molar-refractivity contribution < 1.29 is 8.83 Å². The van der Waals surface area contributed by atoms with Crippen LogP contribution in [0.25, 0.3) is 22.0 Å². The van der Waals surface area contributed by atoms with Gasteiger partial charge in [0.15, 0.2) is 11.5 Å². The lowest BCUT2D eigenvalue weighted by Gasteiger charge is -1.95. The van der Waals surface area contributed by atoms with Gasteiger partial charge in [0.2, 0.25) is 0 Å². The molecule has 0 saturated heterocycles. The van der Waals surface area contributed by atoms with Gasteiger partial charge in [-0.1, -0.05) is 6.07 Å². The van der Waals surface area contributed by atoms with Crippen LogP contribution in [0.15, 0.2) is 57.1 Å². The van der Waals surface area contributed by atoms with Gasteiger partial charge in [-0.05, 0) is 29.6 Å². The molecule has 0 spiro atoms. The summed E-state index contributed by atoms with van der Waals surface area (Å²) in [5.41, 5.74) is 1.08. The molecule has 3 heteroatoms. The van der Waals surface area contributed by atoms with E-state index in [0.717, 1.165) is 17.1 Å². The molecular formula is C12H8O2S. The summed E-state index contributed by atoms with van der Waals surface area (Å²) in [5.74, 6) is 1.56. The third-order valence-corrected chi connectivity index (χ3v) is 3.10. The zero-order chi connectivity index (χ0) is 10.1. The van der Waals surface area contributed by atoms with Crippen molar-refractivity contribution >= 4 is 11.3 Å². The molecule has 3 aromatic heterocycles. The number of thiophene rings is 1. The summed E-state index contributed by atoms with van der Waals surface area (Å²) < 4.78 is 10.8. The summed E-state index contributed by atoms with van der Waals surface area (Å²) in [5, 5.41) is 2.05. The molecule has 3 rings (SSSR count). The molecule has 0 unspecified atom stereocenters. The van der Waals surface area contributed by atoms with Gasteiger partial charge < -0.3 is 8.83 Å². The average Bonchev–Trinajstić information content (AvgIpc) is 3.01. The van der Waals surface area contributed by atoms with E-state index >= 15 is 0 Å². The maximum atomic E-state index is 5.45. The fraction of sp³-hybridized carbons (Fsp3) is 0. The molecule has 0 bridgehead atoms. The summed E-state index contributed by atoms with van der Waals surface area (Å²) in [4.78, 5) is 1.19. The Labute approximate surface area is 90.8 Å². The Morgan fingerprint density at radius 3 is 2.67 bits per heavy atom. The molecule has 2 nitrogen and oxygen atoms in total. The third kappa shape index (κ3) is 1.41. The van der Waals surface area contributed by atoms with Crippen LogP contribution < -0.4 is 0 Å². The van der Waals surface area contributed by atoms with Crippen LogP contribution in [-0.2, 0) is 0 Å². The predicted octanol–water partition coefficient (Wildman–Crippen LogP) is 4.27. The van der Waals surface area contributed by atoms with E-state index in [-0.39, 0.29) is 0 Å². The van der Waals surface area contributed by atoms with Crippen molar-refractivity contribution in [3.63, 3.8) is 0 Å². The molecule has 0 atom stereocenters. The smallest absolute Gasteiger partial charge is 0.177 e. The Morgan fingerprint density at radius 2 is 1.93 bits per heavy atom. The molecule has 0 aliphatic carbocycles. The van der Waals surface area contributed by atoms with Crippen molar-refractivity contribution in [3.8, 4) is 22.0 Å². The van der Waals surface area contributed by atoms with E-state index in [2.05, 4.69) is 6.07 Å². The summed E-state index contributed by atoms with van der Waals surface area (Å²) >= 11 is 1.69. The van der Waals surface area contributed by atoms with Crippen LogP contribution in [0.1, 0.15) is 0 Å². The van der Waals surface area contributed by atoms with Crippen LogP contribution >= 0.6 is 11.3 Å². The monoisotopic (exact) mass is 216 g/mol. The molecular weight excluding hydrogens is 208 g/mol. The lowest BCUT2D eigenvalue weighted by Crippen LogP contribution is -1.72. The molecule has 0 radical (unpaired) electrons. The van der Waals surface area contributed by atoms with E-state index in [9.17, 15) is 0 Å². The summed E-state index contributed by atoms with van der Waals surface area (Å²) in [6, 6.07) is 9.82. The SMILES string of the molecule is c1coc(-c2occc2-c2cccs2)c1. The van der Waals surface area contributed by atoms with Crippen LogP contribution in [0.3, 0.4) is 0 Å². The Hall–Kier alpha value is -1.74. The lowest BCUT2D eigenvalue weighted by atomic mass is 10.2. The fourth-order valence-electron chi connectivity index (χ4n) is 1.53. The second kappa shape index (κ2) is 3.44. The molecule has 3 aromatic rings. The van der Waals surface area contributed by atoms with Gasteiger partial charge in [0.1, 0.15) is 0 Å². The van der Waals surface area contributed by atoms with Crippen LogP contribution in [0.4, 0.5) is 0 Å². The maximum Gasteiger partial charge on any atom is 0.177 e. The quantitative estimate of drug-likeness (QED) is 0.639. The third-order valence-electron chi connectivity index (χ3n) is 2.20. The number of rotatable bonds is 2. The van der Waals surface area contributed by atoms with Crippen molar-refractivity contribution in [1.29, 1.82) is 0 Å². The normalized spacial score (nSPS) is 10.7. The van der Waals surface area contributed by atoms with Crippen LogP contribution in [0, 0.1) is 0 Å². The molecule has 15 heavy (non-hydrogen) atoms. The number of hydrogen-bond acceptors (Lipinski definition) is 3. The van der Waals surface area contributed by atoms with Crippen molar-refractivity contribution in [2.24, 2.45) is 0 Å². The van der Waals surface area contributed by atoms with Crippen LogP contribution in [-0.4, -0.2) is 0 Å². The predicted molar refractivity (Wildman–Crippen MR) is 59.7 cm³/mol. The van der Waals surface area contributed by atoms with Gasteiger partial charge in [0.25, 0.3) is 0 Å². The first-order chi connectivity index (χ1) is 7.45. The zero-order valence-electron chi connectivity index (χ0n) is 7.84. The van der Waals surface area contributed by atoms with Crippen LogP contribution in [0.5, 0.6) is 0 Å². The highest BCUT2D eigenvalue weighted by molar-refractivity contribution is 7.13. The molecule has 3 heterocycles. The minimum absolute atomic E-state index is 0.767. The van der Waals surface area contributed by atoms with Gasteiger partial charge >= 0.3 is 0 Å². The molecule has 0 saturated carbocycles. The van der Waals surface area contributed by atoms with E-state index in [1.165, 1.54) is 4.88 Å². The van der Waals surface area contributed by atoms with Crippen molar-refractivity contribution in [2.45, 2.75) is 0 Å². The van der Waals surface area contributed by atoms with Gasteiger partial charge in [0.05, 0.1) is 12.5 Å². The molecule has 0 aliphatic heterocycles. The highest BCUT2D eigenvalue weighted by atomic mass is 32.1. The van der Waals surface area contributed by atoms with Crippen molar-refractivity contribution in [1.82, 2.24) is 0 Å². The van der Waals surface area contributed by atoms with E-state index in [4.69, 9.17) is 8.83 Å². The first kappa shape index (κ1) is 8.56. The van der Waals surface area contributed by atoms with Gasteiger partial charge in [0, 0.05) is 10.4 Å². The minimum Gasteiger partial charge on any atom is -0.461 e. The fourth-order valence-corrected chi connectivity index (χ4v) is 2.28. The van der Waals surface area contributed by atoms with Gasteiger partial charge in [-0.15, -0.1) is 11.3 Å². The zero-order valence-corrected chi connectivity index (χ0v) is 8.66. The lowest BCUT2D eigenvalue weighted by molar-refractivity contribution is 0.525. The first-order valence-corrected chi connectivity index (χ1v) is 5.48. The standard InChI is InChI=1S/C12H8O2S/c1-3-10(13-6-1)12-9(5-7-14-12)11-4-2-8-15-11/h1-8H. The minimum atomic E-state index is 0.767. The molecule has 0 N–H and O–H groups in total. The summed E-state index contributed by atoms with van der Waals surface area (Å²) in [6.07, 6.45) is 3.34. The highest BCUT2D eigenvalue weighted by Crippen LogP contribution is 2.35. The summed E-state index contributed by atoms with van der Waals surface area (Å²) in [6.45, 7) is 0. The molecule has 0 aliphatic rings. The summed E-state index contributed by atoms with van der Waals surface area (Å²) in [7, 11) is 0. The van der Waals surface area contributed by atoms with Crippen LogP contribution in [0.2, 0.25) is 0 Å². The van der Waals surface area contributed by atoms with E-state index in [0.29, 0.717) is 0 Å². The number of hydrogen-bond donors (Lipinski definition) is 0. The Kier molecular flexibility index (Phi) is 1.96. The van der Waals surface area contributed by atoms with Crippen molar-refractivity contribution in [2.75, 3.05) is 0 Å². The Bertz CT molecular complexity index is 483. The largest absolute Gasteiger partial charge is 0.461 e. The molecule has 0 fully saturated rings.